The summed E-state index contributed by atoms with van der Waals surface area (Å²) in [6, 6.07) is 14.4. The molecule has 0 fully saturated rings. The zero-order chi connectivity index (χ0) is 12.3. The molecule has 2 rings (SSSR count). The molecule has 0 spiro atoms. The van der Waals surface area contributed by atoms with Crippen molar-refractivity contribution in [2.75, 3.05) is 7.11 Å². The summed E-state index contributed by atoms with van der Waals surface area (Å²) in [5.74, 6) is 0.0589. The number of phenolic OH excluding ortho intramolecular Hbond substituents is 1. The summed E-state index contributed by atoms with van der Waals surface area (Å²) in [5.41, 5.74) is 0.748. The number of carbonyl (C=O) groups excluding carboxylic acids is 1. The molecule has 0 heterocycles. The third kappa shape index (κ3) is 3.13. The van der Waals surface area contributed by atoms with E-state index in [1.54, 1.807) is 24.3 Å². The molecule has 0 radical (unpaired) electrons. The predicted molar refractivity (Wildman–Crippen MR) is 63.4 cm³/mol. The summed E-state index contributed by atoms with van der Waals surface area (Å²) in [7, 11) is 1.48. The van der Waals surface area contributed by atoms with E-state index in [1.165, 1.54) is 19.2 Å². The van der Waals surface area contributed by atoms with Crippen LogP contribution in [-0.4, -0.2) is 18.0 Å². The second-order valence-corrected chi connectivity index (χ2v) is 3.50. The Kier molecular flexibility index (Phi) is 5.41. The number of methoxy groups -OCH3 is 1. The van der Waals surface area contributed by atoms with E-state index in [9.17, 15) is 9.90 Å². The number of benzene rings is 2. The van der Waals surface area contributed by atoms with Gasteiger partial charge in [0.05, 0.1) is 7.11 Å². The van der Waals surface area contributed by atoms with Crippen molar-refractivity contribution in [3.63, 3.8) is 0 Å². The van der Waals surface area contributed by atoms with Crippen LogP contribution in [0.3, 0.4) is 0 Å². The molecule has 0 unspecified atom stereocenters. The molecule has 0 aliphatic rings. The fourth-order valence-electron chi connectivity index (χ4n) is 1.51. The number of aromatic hydroxyl groups is 1. The Morgan fingerprint density at radius 3 is 2.50 bits per heavy atom. The van der Waals surface area contributed by atoms with Gasteiger partial charge in [0.25, 0.3) is 0 Å². The Morgan fingerprint density at radius 2 is 1.94 bits per heavy atom. The van der Waals surface area contributed by atoms with Gasteiger partial charge in [0.2, 0.25) is 0 Å². The summed E-state index contributed by atoms with van der Waals surface area (Å²) >= 11 is 0. The molecule has 4 heteroatoms. The van der Waals surface area contributed by atoms with Crippen LogP contribution < -0.4 is 34.3 Å². The molecule has 1 N–H and O–H groups in total. The number of rotatable bonds is 3. The second-order valence-electron chi connectivity index (χ2n) is 3.50. The van der Waals surface area contributed by atoms with Gasteiger partial charge in [0.1, 0.15) is 5.78 Å². The van der Waals surface area contributed by atoms with Crippen LogP contribution in [0.1, 0.15) is 15.9 Å². The van der Waals surface area contributed by atoms with Gasteiger partial charge in [-0.2, -0.15) is 6.07 Å². The first-order chi connectivity index (χ1) is 8.22. The van der Waals surface area contributed by atoms with Crippen molar-refractivity contribution in [3.8, 4) is 11.5 Å². The molecule has 0 aromatic heterocycles. The van der Waals surface area contributed by atoms with Crippen molar-refractivity contribution in [1.29, 1.82) is 0 Å². The van der Waals surface area contributed by atoms with Crippen molar-refractivity contribution in [3.05, 3.63) is 59.7 Å². The van der Waals surface area contributed by atoms with Crippen LogP contribution in [0.15, 0.2) is 42.5 Å². The van der Waals surface area contributed by atoms with Crippen LogP contribution in [0.4, 0.5) is 0 Å². The Morgan fingerprint density at radius 1 is 1.28 bits per heavy atom. The Hall–Kier alpha value is -1.29. The van der Waals surface area contributed by atoms with E-state index in [0.717, 1.165) is 0 Å². The Balaban J connectivity index is 0.00000162. The van der Waals surface area contributed by atoms with Gasteiger partial charge in [-0.3, -0.25) is 0 Å². The molecule has 0 aliphatic heterocycles. The minimum atomic E-state index is -0.234. The largest absolute Gasteiger partial charge is 1.00 e. The number of hydrogen-bond acceptors (Lipinski definition) is 3. The molecule has 86 valence electrons. The van der Waals surface area contributed by atoms with Crippen LogP contribution >= 0.6 is 0 Å². The minimum absolute atomic E-state index is 0. The van der Waals surface area contributed by atoms with Gasteiger partial charge in [0, 0.05) is 17.1 Å². The maximum Gasteiger partial charge on any atom is 1.00 e. The van der Waals surface area contributed by atoms with Crippen molar-refractivity contribution in [2.24, 2.45) is 0 Å². The SMILES string of the molecule is COc1[c-]cc(C(=O)c2ccccc2)c(O)c1.[Na+]. The smallest absolute Gasteiger partial charge is 0.533 e. The molecule has 0 atom stereocenters. The first-order valence-electron chi connectivity index (χ1n) is 5.11. The molecule has 2 aromatic carbocycles. The Labute approximate surface area is 128 Å². The van der Waals surface area contributed by atoms with E-state index in [2.05, 4.69) is 6.07 Å². The maximum absolute atomic E-state index is 12.0. The van der Waals surface area contributed by atoms with Crippen molar-refractivity contribution >= 4 is 5.78 Å². The zero-order valence-corrected chi connectivity index (χ0v) is 12.3. The number of phenols is 1. The van der Waals surface area contributed by atoms with Gasteiger partial charge in [-0.05, 0) is 5.56 Å². The molecule has 18 heavy (non-hydrogen) atoms. The second kappa shape index (κ2) is 6.59. The summed E-state index contributed by atoms with van der Waals surface area (Å²) in [6.45, 7) is 0. The molecular weight excluding hydrogens is 239 g/mol. The van der Waals surface area contributed by atoms with Gasteiger partial charge in [-0.15, -0.1) is 6.07 Å². The summed E-state index contributed by atoms with van der Waals surface area (Å²) < 4.78 is 4.91. The fraction of sp³-hybridized carbons (Fsp3) is 0.0714. The van der Waals surface area contributed by atoms with Gasteiger partial charge in [-0.1, -0.05) is 36.4 Å². The summed E-state index contributed by atoms with van der Waals surface area (Å²) in [4.78, 5) is 12.0. The van der Waals surface area contributed by atoms with Crippen molar-refractivity contribution < 1.29 is 44.2 Å². The quantitative estimate of drug-likeness (QED) is 0.451. The minimum Gasteiger partial charge on any atom is -0.533 e. The molecule has 2 aromatic rings. The van der Waals surface area contributed by atoms with E-state index in [1.807, 2.05) is 6.07 Å². The number of ketones is 1. The van der Waals surface area contributed by atoms with Crippen LogP contribution in [0.2, 0.25) is 0 Å². The molecular formula is C14H11NaO3. The standard InChI is InChI=1S/C14H11O3.Na/c1-17-11-7-8-12(13(15)9-11)14(16)10-5-3-2-4-6-10;/h2-6,8-9,15H,1H3;/q-1;+1. The number of carbonyl (C=O) groups is 1. The van der Waals surface area contributed by atoms with E-state index >= 15 is 0 Å². The molecule has 3 nitrogen and oxygen atoms in total. The topological polar surface area (TPSA) is 46.5 Å². The van der Waals surface area contributed by atoms with Crippen LogP contribution in [-0.2, 0) is 0 Å². The summed E-state index contributed by atoms with van der Waals surface area (Å²) in [6.07, 6.45) is 0. The number of ether oxygens (including phenoxy) is 1. The molecule has 0 aliphatic carbocycles. The van der Waals surface area contributed by atoms with Crippen LogP contribution in [0.25, 0.3) is 0 Å². The zero-order valence-electron chi connectivity index (χ0n) is 10.3. The van der Waals surface area contributed by atoms with Gasteiger partial charge < -0.3 is 14.6 Å². The van der Waals surface area contributed by atoms with Crippen molar-refractivity contribution in [1.82, 2.24) is 0 Å². The van der Waals surface area contributed by atoms with Crippen LogP contribution in [0.5, 0.6) is 11.5 Å². The first-order valence-corrected chi connectivity index (χ1v) is 5.11. The average Bonchev–Trinajstić information content (AvgIpc) is 2.39. The monoisotopic (exact) mass is 250 g/mol. The summed E-state index contributed by atoms with van der Waals surface area (Å²) in [5, 5.41) is 9.73. The van der Waals surface area contributed by atoms with Gasteiger partial charge in [0.15, 0.2) is 0 Å². The first kappa shape index (κ1) is 14.8. The predicted octanol–water partition coefficient (Wildman–Crippen LogP) is -0.564. The molecule has 0 bridgehead atoms. The van der Waals surface area contributed by atoms with Crippen molar-refractivity contribution in [2.45, 2.75) is 0 Å². The van der Waals surface area contributed by atoms with Crippen LogP contribution in [0, 0.1) is 6.07 Å². The maximum atomic E-state index is 12.0. The normalized spacial score (nSPS) is 9.39. The van der Waals surface area contributed by atoms with E-state index < -0.39 is 0 Å². The third-order valence-electron chi connectivity index (χ3n) is 2.40. The fourth-order valence-corrected chi connectivity index (χ4v) is 1.51. The number of hydrogen-bond donors (Lipinski definition) is 1. The van der Waals surface area contributed by atoms with Gasteiger partial charge in [-0.25, -0.2) is 0 Å². The van der Waals surface area contributed by atoms with E-state index in [4.69, 9.17) is 4.74 Å². The molecule has 0 saturated carbocycles. The molecule has 0 saturated heterocycles. The van der Waals surface area contributed by atoms with E-state index in [0.29, 0.717) is 11.3 Å². The third-order valence-corrected chi connectivity index (χ3v) is 2.40. The van der Waals surface area contributed by atoms with Gasteiger partial charge >= 0.3 is 29.6 Å². The average molecular weight is 250 g/mol. The molecule has 0 amide bonds. The van der Waals surface area contributed by atoms with E-state index in [-0.39, 0.29) is 46.7 Å². The Bertz CT molecular complexity index is 538.